The lowest BCUT2D eigenvalue weighted by molar-refractivity contribution is -0.123. The van der Waals surface area contributed by atoms with Crippen LogP contribution in [0.3, 0.4) is 0 Å². The molecule has 0 aliphatic carbocycles. The summed E-state index contributed by atoms with van der Waals surface area (Å²) in [7, 11) is 0. The second-order valence-electron chi connectivity index (χ2n) is 6.33. The largest absolute Gasteiger partial charge is 0.354 e. The van der Waals surface area contributed by atoms with Gasteiger partial charge in [0.15, 0.2) is 0 Å². The highest BCUT2D eigenvalue weighted by molar-refractivity contribution is 5.79. The molecule has 0 unspecified atom stereocenters. The topological polar surface area (TPSA) is 68.9 Å². The van der Waals surface area contributed by atoms with Gasteiger partial charge in [-0.25, -0.2) is 4.98 Å². The first-order valence-corrected chi connectivity index (χ1v) is 8.38. The van der Waals surface area contributed by atoms with Crippen LogP contribution in [0.5, 0.6) is 0 Å². The van der Waals surface area contributed by atoms with E-state index in [1.54, 1.807) is 22.9 Å². The lowest BCUT2D eigenvalue weighted by Crippen LogP contribution is -2.33. The number of amides is 1. The van der Waals surface area contributed by atoms with Crippen LogP contribution < -0.4 is 10.9 Å². The van der Waals surface area contributed by atoms with E-state index in [-0.39, 0.29) is 23.4 Å². The van der Waals surface area contributed by atoms with E-state index in [1.165, 1.54) is 0 Å². The number of hydrogen-bond donors (Lipinski definition) is 1. The summed E-state index contributed by atoms with van der Waals surface area (Å²) in [6, 6.07) is 4.93. The predicted octanol–water partition coefficient (Wildman–Crippen LogP) is 2.24. The highest BCUT2D eigenvalue weighted by atomic mass is 16.2. The first-order chi connectivity index (χ1) is 11.4. The Kier molecular flexibility index (Phi) is 5.95. The molecule has 1 atom stereocenters. The second kappa shape index (κ2) is 7.95. The van der Waals surface area contributed by atoms with Gasteiger partial charge in [-0.3, -0.25) is 9.59 Å². The molecule has 6 nitrogen and oxygen atoms in total. The number of hydrogen-bond acceptors (Lipinski definition) is 3. The maximum Gasteiger partial charge on any atom is 0.250 e. The zero-order valence-electron chi connectivity index (χ0n) is 14.8. The van der Waals surface area contributed by atoms with Gasteiger partial charge in [-0.15, -0.1) is 0 Å². The molecule has 6 heteroatoms. The average Bonchev–Trinajstić information content (AvgIpc) is 3.02. The number of nitrogens with zero attached hydrogens (tertiary/aromatic N) is 3. The summed E-state index contributed by atoms with van der Waals surface area (Å²) in [5, 5.41) is 2.94. The van der Waals surface area contributed by atoms with Gasteiger partial charge in [-0.05, 0) is 26.3 Å². The molecule has 1 amide bonds. The third kappa shape index (κ3) is 4.13. The summed E-state index contributed by atoms with van der Waals surface area (Å²) in [6.45, 7) is 9.04. The SMILES string of the molecule is Cc1cccc(=O)n1CCCNC(=O)[C@@H](C)n1ccnc1C(C)C. The average molecular weight is 330 g/mol. The van der Waals surface area contributed by atoms with Gasteiger partial charge < -0.3 is 14.5 Å². The molecule has 0 aliphatic rings. The Balaban J connectivity index is 1.87. The van der Waals surface area contributed by atoms with E-state index >= 15 is 0 Å². The third-order valence-electron chi connectivity index (χ3n) is 4.14. The summed E-state index contributed by atoms with van der Waals surface area (Å²) in [6.07, 6.45) is 4.28. The predicted molar refractivity (Wildman–Crippen MR) is 94.1 cm³/mol. The molecule has 2 aromatic heterocycles. The van der Waals surface area contributed by atoms with E-state index in [0.717, 1.165) is 11.5 Å². The lowest BCUT2D eigenvalue weighted by Gasteiger charge is -2.18. The van der Waals surface area contributed by atoms with Crippen molar-refractivity contribution < 1.29 is 4.79 Å². The van der Waals surface area contributed by atoms with Gasteiger partial charge in [-0.1, -0.05) is 19.9 Å². The minimum atomic E-state index is -0.300. The molecular weight excluding hydrogens is 304 g/mol. The molecule has 2 rings (SSSR count). The van der Waals surface area contributed by atoms with E-state index in [9.17, 15) is 9.59 Å². The molecule has 0 aromatic carbocycles. The Hall–Kier alpha value is -2.37. The van der Waals surface area contributed by atoms with Gasteiger partial charge >= 0.3 is 0 Å². The number of nitrogens with one attached hydrogen (secondary N) is 1. The van der Waals surface area contributed by atoms with Crippen molar-refractivity contribution in [2.24, 2.45) is 0 Å². The number of imidazole rings is 1. The molecule has 1 N–H and O–H groups in total. The fourth-order valence-electron chi connectivity index (χ4n) is 2.73. The van der Waals surface area contributed by atoms with Crippen LogP contribution in [0, 0.1) is 6.92 Å². The molecule has 2 aromatic rings. The molecule has 0 radical (unpaired) electrons. The quantitative estimate of drug-likeness (QED) is 0.792. The normalized spacial score (nSPS) is 12.4. The smallest absolute Gasteiger partial charge is 0.250 e. The van der Waals surface area contributed by atoms with Crippen molar-refractivity contribution in [3.63, 3.8) is 0 Å². The van der Waals surface area contributed by atoms with Crippen LogP contribution >= 0.6 is 0 Å². The molecule has 0 saturated carbocycles. The highest BCUT2D eigenvalue weighted by Gasteiger charge is 2.18. The standard InChI is InChI=1S/C18H26N4O2/c1-13(2)17-19-10-12-22(17)15(4)18(24)20-9-6-11-21-14(3)7-5-8-16(21)23/h5,7-8,10,12-13,15H,6,9,11H2,1-4H3,(H,20,24)/t15-/m1/s1. The number of carbonyl (C=O) groups excluding carboxylic acids is 1. The number of pyridine rings is 1. The molecule has 0 spiro atoms. The highest BCUT2D eigenvalue weighted by Crippen LogP contribution is 2.17. The first-order valence-electron chi connectivity index (χ1n) is 8.38. The van der Waals surface area contributed by atoms with Crippen molar-refractivity contribution in [3.8, 4) is 0 Å². The Labute approximate surface area is 142 Å². The summed E-state index contributed by atoms with van der Waals surface area (Å²) < 4.78 is 3.63. The number of aromatic nitrogens is 3. The van der Waals surface area contributed by atoms with Crippen LogP contribution in [0.15, 0.2) is 35.4 Å². The summed E-state index contributed by atoms with van der Waals surface area (Å²) in [5.41, 5.74) is 0.928. The second-order valence-corrected chi connectivity index (χ2v) is 6.33. The molecule has 2 heterocycles. The van der Waals surface area contributed by atoms with Crippen molar-refractivity contribution in [2.75, 3.05) is 6.54 Å². The number of rotatable bonds is 7. The Morgan fingerprint density at radius 3 is 2.71 bits per heavy atom. The maximum absolute atomic E-state index is 12.3. The minimum Gasteiger partial charge on any atom is -0.354 e. The Morgan fingerprint density at radius 2 is 2.04 bits per heavy atom. The first kappa shape index (κ1) is 18.0. The Bertz CT molecular complexity index is 745. The van der Waals surface area contributed by atoms with Crippen LogP contribution in [0.4, 0.5) is 0 Å². The van der Waals surface area contributed by atoms with Gasteiger partial charge in [0.1, 0.15) is 11.9 Å². The minimum absolute atomic E-state index is 0.00492. The fraction of sp³-hybridized carbons (Fsp3) is 0.500. The lowest BCUT2D eigenvalue weighted by atomic mass is 10.2. The van der Waals surface area contributed by atoms with Crippen molar-refractivity contribution in [1.82, 2.24) is 19.4 Å². The van der Waals surface area contributed by atoms with E-state index in [4.69, 9.17) is 0 Å². The van der Waals surface area contributed by atoms with Crippen molar-refractivity contribution in [2.45, 2.75) is 52.6 Å². The van der Waals surface area contributed by atoms with Crippen molar-refractivity contribution in [1.29, 1.82) is 0 Å². The van der Waals surface area contributed by atoms with Gasteiger partial charge in [0.2, 0.25) is 5.91 Å². The third-order valence-corrected chi connectivity index (χ3v) is 4.14. The van der Waals surface area contributed by atoms with E-state index in [0.29, 0.717) is 19.5 Å². The van der Waals surface area contributed by atoms with Crippen LogP contribution in [-0.4, -0.2) is 26.6 Å². The van der Waals surface area contributed by atoms with Gasteiger partial charge in [0, 0.05) is 43.2 Å². The van der Waals surface area contributed by atoms with Gasteiger partial charge in [0.25, 0.3) is 5.56 Å². The van der Waals surface area contributed by atoms with Crippen LogP contribution in [-0.2, 0) is 11.3 Å². The molecule has 0 bridgehead atoms. The number of carbonyl (C=O) groups is 1. The molecule has 24 heavy (non-hydrogen) atoms. The van der Waals surface area contributed by atoms with Gasteiger partial charge in [0.05, 0.1) is 0 Å². The van der Waals surface area contributed by atoms with Crippen molar-refractivity contribution in [3.05, 3.63) is 52.5 Å². The Morgan fingerprint density at radius 1 is 1.29 bits per heavy atom. The van der Waals surface area contributed by atoms with Crippen LogP contribution in [0.1, 0.15) is 50.7 Å². The van der Waals surface area contributed by atoms with Crippen LogP contribution in [0.2, 0.25) is 0 Å². The maximum atomic E-state index is 12.3. The number of aryl methyl sites for hydroxylation is 1. The van der Waals surface area contributed by atoms with E-state index in [2.05, 4.69) is 24.1 Å². The zero-order valence-corrected chi connectivity index (χ0v) is 14.8. The van der Waals surface area contributed by atoms with Gasteiger partial charge in [-0.2, -0.15) is 0 Å². The molecule has 0 saturated heterocycles. The molecule has 0 fully saturated rings. The summed E-state index contributed by atoms with van der Waals surface area (Å²) in [4.78, 5) is 28.5. The summed E-state index contributed by atoms with van der Waals surface area (Å²) >= 11 is 0. The molecular formula is C18H26N4O2. The van der Waals surface area contributed by atoms with Crippen LogP contribution in [0.25, 0.3) is 0 Å². The monoisotopic (exact) mass is 330 g/mol. The fourth-order valence-corrected chi connectivity index (χ4v) is 2.73. The van der Waals surface area contributed by atoms with Crippen molar-refractivity contribution >= 4 is 5.91 Å². The van der Waals surface area contributed by atoms with E-state index in [1.807, 2.05) is 30.7 Å². The molecule has 130 valence electrons. The van der Waals surface area contributed by atoms with E-state index < -0.39 is 0 Å². The zero-order chi connectivity index (χ0) is 17.7. The summed E-state index contributed by atoms with van der Waals surface area (Å²) in [5.74, 6) is 1.14. The molecule has 0 aliphatic heterocycles.